The second kappa shape index (κ2) is 7.37. The maximum absolute atomic E-state index is 10.1. The van der Waals surface area contributed by atoms with Crippen LogP contribution in [0.3, 0.4) is 0 Å². The Balaban J connectivity index is 3.19. The van der Waals surface area contributed by atoms with Crippen LogP contribution < -0.4 is 0 Å². The van der Waals surface area contributed by atoms with E-state index in [0.717, 1.165) is 19.3 Å². The molecule has 0 saturated carbocycles. The first-order valence-corrected chi connectivity index (χ1v) is 4.66. The second-order valence-electron chi connectivity index (χ2n) is 2.79. The molecule has 4 heteroatoms. The summed E-state index contributed by atoms with van der Waals surface area (Å²) in [6.45, 7) is 0. The first-order chi connectivity index (χ1) is 5.66. The Morgan fingerprint density at radius 2 is 2.00 bits per heavy atom. The van der Waals surface area contributed by atoms with E-state index in [1.54, 1.807) is 0 Å². The fourth-order valence-electron chi connectivity index (χ4n) is 0.955. The van der Waals surface area contributed by atoms with Crippen LogP contribution >= 0.6 is 11.6 Å². The lowest BCUT2D eigenvalue weighted by Gasteiger charge is -2.06. The fourth-order valence-corrected chi connectivity index (χ4v) is 1.14. The van der Waals surface area contributed by atoms with Crippen LogP contribution in [-0.4, -0.2) is 28.2 Å². The van der Waals surface area contributed by atoms with Gasteiger partial charge in [-0.1, -0.05) is 12.8 Å². The Labute approximate surface area is 77.3 Å². The molecule has 0 aliphatic rings. The van der Waals surface area contributed by atoms with Crippen molar-refractivity contribution in [2.24, 2.45) is 0 Å². The smallest absolute Gasteiger partial charge is 0.305 e. The molecule has 0 aromatic carbocycles. The van der Waals surface area contributed by atoms with Crippen molar-refractivity contribution in [2.75, 3.05) is 5.88 Å². The number of halogens is 1. The van der Waals surface area contributed by atoms with Crippen LogP contribution in [0.4, 0.5) is 0 Å². The maximum Gasteiger partial charge on any atom is 0.305 e. The number of hydrogen-bond acceptors (Lipinski definition) is 2. The first kappa shape index (κ1) is 11.7. The van der Waals surface area contributed by atoms with Crippen LogP contribution in [0.2, 0.25) is 0 Å². The van der Waals surface area contributed by atoms with Crippen molar-refractivity contribution >= 4 is 17.6 Å². The SMILES string of the molecule is O=C(O)C[C@H](O)CCCCCCl. The quantitative estimate of drug-likeness (QED) is 0.478. The van der Waals surface area contributed by atoms with Crippen molar-refractivity contribution in [3.63, 3.8) is 0 Å². The van der Waals surface area contributed by atoms with Gasteiger partial charge >= 0.3 is 5.97 Å². The summed E-state index contributed by atoms with van der Waals surface area (Å²) in [6.07, 6.45) is 2.45. The number of rotatable bonds is 7. The van der Waals surface area contributed by atoms with Crippen molar-refractivity contribution in [1.29, 1.82) is 0 Å². The Bertz CT molecular complexity index is 127. The van der Waals surface area contributed by atoms with Crippen molar-refractivity contribution in [1.82, 2.24) is 0 Å². The highest BCUT2D eigenvalue weighted by Crippen LogP contribution is 2.06. The van der Waals surface area contributed by atoms with Crippen molar-refractivity contribution in [2.45, 2.75) is 38.2 Å². The van der Waals surface area contributed by atoms with Crippen LogP contribution in [-0.2, 0) is 4.79 Å². The molecule has 0 fully saturated rings. The van der Waals surface area contributed by atoms with Gasteiger partial charge in [0.25, 0.3) is 0 Å². The van der Waals surface area contributed by atoms with E-state index in [2.05, 4.69) is 0 Å². The van der Waals surface area contributed by atoms with Gasteiger partial charge in [-0.05, 0) is 12.8 Å². The summed E-state index contributed by atoms with van der Waals surface area (Å²) in [5.74, 6) is -0.311. The lowest BCUT2D eigenvalue weighted by molar-refractivity contribution is -0.139. The molecular weight excluding hydrogens is 180 g/mol. The van der Waals surface area contributed by atoms with Crippen LogP contribution in [0, 0.1) is 0 Å². The zero-order valence-electron chi connectivity index (χ0n) is 7.00. The summed E-state index contributed by atoms with van der Waals surface area (Å²) in [4.78, 5) is 10.1. The molecule has 0 aliphatic heterocycles. The van der Waals surface area contributed by atoms with E-state index in [9.17, 15) is 4.79 Å². The predicted molar refractivity (Wildman–Crippen MR) is 47.4 cm³/mol. The molecule has 0 spiro atoms. The van der Waals surface area contributed by atoms with Crippen molar-refractivity contribution in [3.05, 3.63) is 0 Å². The van der Waals surface area contributed by atoms with E-state index < -0.39 is 12.1 Å². The van der Waals surface area contributed by atoms with Gasteiger partial charge in [-0.2, -0.15) is 0 Å². The van der Waals surface area contributed by atoms with Crippen molar-refractivity contribution in [3.8, 4) is 0 Å². The number of hydrogen-bond donors (Lipinski definition) is 2. The molecule has 0 amide bonds. The van der Waals surface area contributed by atoms with Gasteiger partial charge in [0.2, 0.25) is 0 Å². The third-order valence-electron chi connectivity index (χ3n) is 1.58. The van der Waals surface area contributed by atoms with Gasteiger partial charge in [0.05, 0.1) is 12.5 Å². The molecule has 2 N–H and O–H groups in total. The number of aliphatic hydroxyl groups excluding tert-OH is 1. The van der Waals surface area contributed by atoms with Gasteiger partial charge in [0.15, 0.2) is 0 Å². The third kappa shape index (κ3) is 7.82. The van der Waals surface area contributed by atoms with E-state index >= 15 is 0 Å². The average molecular weight is 195 g/mol. The first-order valence-electron chi connectivity index (χ1n) is 4.12. The van der Waals surface area contributed by atoms with Gasteiger partial charge in [-0.15, -0.1) is 11.6 Å². The monoisotopic (exact) mass is 194 g/mol. The predicted octanol–water partition coefficient (Wildman–Crippen LogP) is 1.62. The number of carboxylic acids is 1. The minimum atomic E-state index is -0.945. The van der Waals surface area contributed by atoms with Gasteiger partial charge in [0, 0.05) is 5.88 Å². The standard InChI is InChI=1S/C8H15ClO3/c9-5-3-1-2-4-7(10)6-8(11)12/h7,10H,1-6H2,(H,11,12)/t7-/m1/s1. The van der Waals surface area contributed by atoms with E-state index in [1.807, 2.05) is 0 Å². The van der Waals surface area contributed by atoms with Crippen LogP contribution in [0.1, 0.15) is 32.1 Å². The van der Waals surface area contributed by atoms with Crippen molar-refractivity contribution < 1.29 is 15.0 Å². The normalized spacial score (nSPS) is 12.8. The summed E-state index contributed by atoms with van der Waals surface area (Å²) in [5, 5.41) is 17.4. The van der Waals surface area contributed by atoms with Crippen LogP contribution in [0.15, 0.2) is 0 Å². The number of alkyl halides is 1. The van der Waals surface area contributed by atoms with Crippen LogP contribution in [0.25, 0.3) is 0 Å². The van der Waals surface area contributed by atoms with E-state index in [4.69, 9.17) is 21.8 Å². The number of aliphatic carboxylic acids is 1. The molecule has 0 bridgehead atoms. The highest BCUT2D eigenvalue weighted by molar-refractivity contribution is 6.17. The van der Waals surface area contributed by atoms with Gasteiger partial charge in [-0.3, -0.25) is 4.79 Å². The molecule has 0 aromatic heterocycles. The third-order valence-corrected chi connectivity index (χ3v) is 1.85. The largest absolute Gasteiger partial charge is 0.481 e. The van der Waals surface area contributed by atoms with Gasteiger partial charge in [-0.25, -0.2) is 0 Å². The van der Waals surface area contributed by atoms with Crippen LogP contribution in [0.5, 0.6) is 0 Å². The number of aliphatic hydroxyl groups is 1. The highest BCUT2D eigenvalue weighted by Gasteiger charge is 2.07. The summed E-state index contributed by atoms with van der Waals surface area (Å²) in [6, 6.07) is 0. The number of unbranched alkanes of at least 4 members (excludes halogenated alkanes) is 2. The fraction of sp³-hybridized carbons (Fsp3) is 0.875. The minimum absolute atomic E-state index is 0.152. The molecule has 0 heterocycles. The molecule has 12 heavy (non-hydrogen) atoms. The Morgan fingerprint density at radius 3 is 2.50 bits per heavy atom. The second-order valence-corrected chi connectivity index (χ2v) is 3.17. The Morgan fingerprint density at radius 1 is 1.33 bits per heavy atom. The molecule has 0 radical (unpaired) electrons. The zero-order chi connectivity index (χ0) is 9.40. The average Bonchev–Trinajstić information content (AvgIpc) is 1.97. The van der Waals surface area contributed by atoms with E-state index in [0.29, 0.717) is 12.3 Å². The molecule has 0 aromatic rings. The lowest BCUT2D eigenvalue weighted by atomic mass is 10.1. The number of carboxylic acid groups (broad SMARTS) is 1. The Kier molecular flexibility index (Phi) is 7.20. The molecule has 3 nitrogen and oxygen atoms in total. The molecule has 0 unspecified atom stereocenters. The lowest BCUT2D eigenvalue weighted by Crippen LogP contribution is -2.12. The maximum atomic E-state index is 10.1. The molecule has 0 aliphatic carbocycles. The molecule has 0 saturated heterocycles. The van der Waals surface area contributed by atoms with E-state index in [1.165, 1.54) is 0 Å². The topological polar surface area (TPSA) is 57.5 Å². The van der Waals surface area contributed by atoms with E-state index in [-0.39, 0.29) is 6.42 Å². The molecule has 1 atom stereocenters. The van der Waals surface area contributed by atoms with Gasteiger partial charge in [0.1, 0.15) is 0 Å². The minimum Gasteiger partial charge on any atom is -0.481 e. The number of carbonyl (C=O) groups is 1. The summed E-state index contributed by atoms with van der Waals surface area (Å²) in [5.41, 5.74) is 0. The van der Waals surface area contributed by atoms with Gasteiger partial charge < -0.3 is 10.2 Å². The molecule has 72 valence electrons. The Hall–Kier alpha value is -0.280. The highest BCUT2D eigenvalue weighted by atomic mass is 35.5. The molecular formula is C8H15ClO3. The summed E-state index contributed by atoms with van der Waals surface area (Å²) in [7, 11) is 0. The zero-order valence-corrected chi connectivity index (χ0v) is 7.76. The summed E-state index contributed by atoms with van der Waals surface area (Å²) < 4.78 is 0. The molecule has 0 rings (SSSR count). The summed E-state index contributed by atoms with van der Waals surface area (Å²) >= 11 is 5.44.